The maximum absolute atomic E-state index is 12.5. The number of fused-ring (bicyclic) bond motifs is 1. The highest BCUT2D eigenvalue weighted by Crippen LogP contribution is 2.34. The number of aryl methyl sites for hydroxylation is 1. The van der Waals surface area contributed by atoms with Gasteiger partial charge in [-0.2, -0.15) is 0 Å². The second-order valence-electron chi connectivity index (χ2n) is 8.62. The number of rotatable bonds is 6. The van der Waals surface area contributed by atoms with E-state index in [2.05, 4.69) is 40.4 Å². The summed E-state index contributed by atoms with van der Waals surface area (Å²) in [6.45, 7) is 3.32. The maximum atomic E-state index is 12.5. The van der Waals surface area contributed by atoms with Gasteiger partial charge < -0.3 is 5.32 Å². The molecule has 1 N–H and O–H groups in total. The molecule has 5 rings (SSSR count). The quantitative estimate of drug-likeness (QED) is 0.626. The van der Waals surface area contributed by atoms with Crippen LogP contribution in [0.1, 0.15) is 38.2 Å². The zero-order valence-electron chi connectivity index (χ0n) is 17.8. The normalized spacial score (nSPS) is 18.4. The summed E-state index contributed by atoms with van der Waals surface area (Å²) in [7, 11) is -3.08. The Balaban J connectivity index is 1.40. The van der Waals surface area contributed by atoms with Gasteiger partial charge in [-0.15, -0.1) is 0 Å². The Bertz CT molecular complexity index is 1200. The van der Waals surface area contributed by atoms with Crippen molar-refractivity contribution in [3.05, 3.63) is 54.6 Å². The van der Waals surface area contributed by atoms with Crippen molar-refractivity contribution in [1.29, 1.82) is 0 Å². The number of piperidine rings is 1. The monoisotopic (exact) mass is 436 g/mol. The highest BCUT2D eigenvalue weighted by atomic mass is 32.2. The van der Waals surface area contributed by atoms with Gasteiger partial charge in [0, 0.05) is 60.6 Å². The first-order valence-corrected chi connectivity index (χ1v) is 12.6. The van der Waals surface area contributed by atoms with Gasteiger partial charge in [-0.05, 0) is 72.9 Å². The Kier molecular flexibility index (Phi) is 5.40. The van der Waals surface area contributed by atoms with E-state index in [9.17, 15) is 8.42 Å². The van der Waals surface area contributed by atoms with Crippen LogP contribution in [0.25, 0.3) is 21.9 Å². The number of benzene rings is 1. The molecule has 31 heavy (non-hydrogen) atoms. The molecule has 2 fully saturated rings. The number of hydrogen-bond donors (Lipinski definition) is 1. The van der Waals surface area contributed by atoms with Crippen molar-refractivity contribution in [3.63, 3.8) is 0 Å². The minimum Gasteiger partial charge on any atom is -0.382 e. The highest BCUT2D eigenvalue weighted by molar-refractivity contribution is 7.90. The fourth-order valence-corrected chi connectivity index (χ4v) is 6.25. The van der Waals surface area contributed by atoms with E-state index in [0.717, 1.165) is 59.7 Å². The highest BCUT2D eigenvalue weighted by Gasteiger charge is 2.41. The molecule has 3 heterocycles. The SMILES string of the molecule is CCc1cncc(-c2cc(NC3CCN(S(=O)(=O)C4CC4)CC3)c3cnccc3c2)c1. The van der Waals surface area contributed by atoms with Crippen molar-refractivity contribution in [2.24, 2.45) is 0 Å². The van der Waals surface area contributed by atoms with Crippen LogP contribution in [0.5, 0.6) is 0 Å². The van der Waals surface area contributed by atoms with Crippen LogP contribution < -0.4 is 5.32 Å². The van der Waals surface area contributed by atoms with Crippen molar-refractivity contribution < 1.29 is 8.42 Å². The summed E-state index contributed by atoms with van der Waals surface area (Å²) in [4.78, 5) is 8.74. The van der Waals surface area contributed by atoms with E-state index in [1.165, 1.54) is 5.56 Å². The molecule has 0 amide bonds. The molecule has 6 nitrogen and oxygen atoms in total. The number of anilines is 1. The molecule has 0 radical (unpaired) electrons. The molecule has 7 heteroatoms. The average molecular weight is 437 g/mol. The van der Waals surface area contributed by atoms with E-state index < -0.39 is 10.0 Å². The standard InChI is InChI=1S/C24H28N4O2S/c1-2-17-11-20(15-26-14-17)19-12-18-5-8-25-16-23(18)24(13-19)27-21-6-9-28(10-7-21)31(29,30)22-3-4-22/h5,8,11-16,21-22,27H,2-4,6-7,9-10H2,1H3. The minimum atomic E-state index is -3.08. The first-order valence-electron chi connectivity index (χ1n) is 11.1. The predicted octanol–water partition coefficient (Wildman–Crippen LogP) is 4.23. The Hall–Kier alpha value is -2.51. The van der Waals surface area contributed by atoms with Crippen LogP contribution in [-0.2, 0) is 16.4 Å². The molecular weight excluding hydrogens is 408 g/mol. The molecule has 0 bridgehead atoms. The van der Waals surface area contributed by atoms with Gasteiger partial charge in [-0.1, -0.05) is 6.92 Å². The number of aromatic nitrogens is 2. The largest absolute Gasteiger partial charge is 0.382 e. The molecule has 0 atom stereocenters. The molecule has 1 aliphatic heterocycles. The molecular formula is C24H28N4O2S. The lowest BCUT2D eigenvalue weighted by atomic mass is 9.99. The molecule has 1 saturated carbocycles. The zero-order valence-corrected chi connectivity index (χ0v) is 18.6. The molecule has 2 aromatic heterocycles. The molecule has 2 aliphatic rings. The fourth-order valence-electron chi connectivity index (χ4n) is 4.37. The Morgan fingerprint density at radius 2 is 1.81 bits per heavy atom. The number of nitrogens with one attached hydrogen (secondary N) is 1. The summed E-state index contributed by atoms with van der Waals surface area (Å²) in [6.07, 6.45) is 11.7. The third-order valence-corrected chi connectivity index (χ3v) is 8.81. The van der Waals surface area contributed by atoms with Crippen molar-refractivity contribution in [2.45, 2.75) is 50.3 Å². The van der Waals surface area contributed by atoms with Crippen molar-refractivity contribution in [3.8, 4) is 11.1 Å². The predicted molar refractivity (Wildman–Crippen MR) is 125 cm³/mol. The average Bonchev–Trinajstić information content (AvgIpc) is 3.66. The first-order chi connectivity index (χ1) is 15.0. The van der Waals surface area contributed by atoms with Crippen molar-refractivity contribution >= 4 is 26.5 Å². The van der Waals surface area contributed by atoms with Gasteiger partial charge in [0.1, 0.15) is 0 Å². The topological polar surface area (TPSA) is 75.2 Å². The minimum absolute atomic E-state index is 0.129. The van der Waals surface area contributed by atoms with Crippen LogP contribution >= 0.6 is 0 Å². The van der Waals surface area contributed by atoms with Gasteiger partial charge in [0.25, 0.3) is 0 Å². The van der Waals surface area contributed by atoms with E-state index in [-0.39, 0.29) is 11.3 Å². The van der Waals surface area contributed by atoms with E-state index in [1.54, 1.807) is 4.31 Å². The summed E-state index contributed by atoms with van der Waals surface area (Å²) in [6, 6.07) is 8.83. The van der Waals surface area contributed by atoms with Gasteiger partial charge in [0.2, 0.25) is 10.0 Å². The molecule has 1 aliphatic carbocycles. The van der Waals surface area contributed by atoms with Gasteiger partial charge in [-0.3, -0.25) is 9.97 Å². The third-order valence-electron chi connectivity index (χ3n) is 6.41. The van der Waals surface area contributed by atoms with Crippen LogP contribution in [0.15, 0.2) is 49.1 Å². The lowest BCUT2D eigenvalue weighted by molar-refractivity contribution is 0.329. The summed E-state index contributed by atoms with van der Waals surface area (Å²) < 4.78 is 26.8. The number of nitrogens with zero attached hydrogens (tertiary/aromatic N) is 3. The van der Waals surface area contributed by atoms with Crippen LogP contribution in [0, 0.1) is 0 Å². The smallest absolute Gasteiger partial charge is 0.216 e. The molecule has 162 valence electrons. The molecule has 0 spiro atoms. The second-order valence-corrected chi connectivity index (χ2v) is 10.8. The van der Waals surface area contributed by atoms with Crippen LogP contribution in [0.4, 0.5) is 5.69 Å². The number of hydrogen-bond acceptors (Lipinski definition) is 5. The molecule has 3 aromatic rings. The fraction of sp³-hybridized carbons (Fsp3) is 0.417. The van der Waals surface area contributed by atoms with Crippen molar-refractivity contribution in [2.75, 3.05) is 18.4 Å². The Labute approximate surface area is 183 Å². The summed E-state index contributed by atoms with van der Waals surface area (Å²) in [5, 5.41) is 5.78. The lowest BCUT2D eigenvalue weighted by Crippen LogP contribution is -2.43. The van der Waals surface area contributed by atoms with E-state index >= 15 is 0 Å². The van der Waals surface area contributed by atoms with Gasteiger partial charge in [-0.25, -0.2) is 12.7 Å². The molecule has 1 aromatic carbocycles. The Morgan fingerprint density at radius 3 is 2.55 bits per heavy atom. The zero-order chi connectivity index (χ0) is 21.4. The molecule has 0 unspecified atom stereocenters. The number of sulfonamides is 1. The van der Waals surface area contributed by atoms with E-state index in [1.807, 2.05) is 30.9 Å². The lowest BCUT2D eigenvalue weighted by Gasteiger charge is -2.32. The molecule has 1 saturated heterocycles. The third kappa shape index (κ3) is 4.16. The van der Waals surface area contributed by atoms with Crippen LogP contribution in [0.2, 0.25) is 0 Å². The first kappa shape index (κ1) is 20.4. The van der Waals surface area contributed by atoms with Gasteiger partial charge >= 0.3 is 0 Å². The van der Waals surface area contributed by atoms with Gasteiger partial charge in [0.15, 0.2) is 0 Å². The van der Waals surface area contributed by atoms with Gasteiger partial charge in [0.05, 0.1) is 5.25 Å². The summed E-state index contributed by atoms with van der Waals surface area (Å²) in [5.74, 6) is 0. The number of pyridine rings is 2. The maximum Gasteiger partial charge on any atom is 0.216 e. The van der Waals surface area contributed by atoms with E-state index in [4.69, 9.17) is 0 Å². The van der Waals surface area contributed by atoms with E-state index in [0.29, 0.717) is 13.1 Å². The summed E-state index contributed by atoms with van der Waals surface area (Å²) >= 11 is 0. The Morgan fingerprint density at radius 1 is 1.00 bits per heavy atom. The second kappa shape index (κ2) is 8.20. The van der Waals surface area contributed by atoms with Crippen molar-refractivity contribution in [1.82, 2.24) is 14.3 Å². The van der Waals surface area contributed by atoms with Crippen LogP contribution in [0.3, 0.4) is 0 Å². The summed E-state index contributed by atoms with van der Waals surface area (Å²) in [5.41, 5.74) is 4.49. The van der Waals surface area contributed by atoms with Crippen LogP contribution in [-0.4, -0.2) is 47.1 Å².